The van der Waals surface area contributed by atoms with Crippen LogP contribution in [0.5, 0.6) is 0 Å². The van der Waals surface area contributed by atoms with Crippen molar-refractivity contribution in [2.75, 3.05) is 0 Å². The molecule has 0 bridgehead atoms. The van der Waals surface area contributed by atoms with Gasteiger partial charge in [0.15, 0.2) is 0 Å². The Labute approximate surface area is 119 Å². The van der Waals surface area contributed by atoms with Gasteiger partial charge in [-0.2, -0.15) is 0 Å². The molecule has 1 nitrogen and oxygen atoms in total. The molecule has 0 unspecified atom stereocenters. The van der Waals surface area contributed by atoms with Crippen molar-refractivity contribution >= 4 is 0 Å². The van der Waals surface area contributed by atoms with E-state index >= 15 is 0 Å². The van der Waals surface area contributed by atoms with Crippen LogP contribution in [0.1, 0.15) is 70.6 Å². The molecule has 1 rings (SSSR count). The van der Waals surface area contributed by atoms with Gasteiger partial charge in [-0.05, 0) is 62.1 Å². The maximum absolute atomic E-state index is 6.03. The molecule has 0 atom stereocenters. The minimum atomic E-state index is -0.0255. The van der Waals surface area contributed by atoms with Crippen LogP contribution in [0.15, 0.2) is 18.2 Å². The van der Waals surface area contributed by atoms with Gasteiger partial charge in [-0.15, -0.1) is 0 Å². The number of aryl methyl sites for hydroxylation is 2. The second kappa shape index (κ2) is 6.09. The highest BCUT2D eigenvalue weighted by Crippen LogP contribution is 2.25. The maximum atomic E-state index is 6.03. The molecular weight excluding hydrogens is 230 g/mol. The zero-order chi connectivity index (χ0) is 14.7. The van der Waals surface area contributed by atoms with Crippen molar-refractivity contribution in [3.63, 3.8) is 0 Å². The summed E-state index contributed by atoms with van der Waals surface area (Å²) in [5.41, 5.74) is 10.6. The van der Waals surface area contributed by atoms with E-state index in [1.54, 1.807) is 0 Å². The molecule has 1 aromatic rings. The molecule has 0 aromatic heterocycles. The highest BCUT2D eigenvalue weighted by molar-refractivity contribution is 5.34. The lowest BCUT2D eigenvalue weighted by atomic mass is 9.84. The number of unbranched alkanes of at least 4 members (excludes halogenated alkanes) is 1. The van der Waals surface area contributed by atoms with E-state index < -0.39 is 0 Å². The predicted molar refractivity (Wildman–Crippen MR) is 85.7 cm³/mol. The van der Waals surface area contributed by atoms with Gasteiger partial charge in [0, 0.05) is 5.54 Å². The molecule has 19 heavy (non-hydrogen) atoms. The average molecular weight is 261 g/mol. The first-order chi connectivity index (χ1) is 8.59. The fourth-order valence-corrected chi connectivity index (χ4v) is 2.30. The molecule has 108 valence electrons. The van der Waals surface area contributed by atoms with Crippen molar-refractivity contribution in [2.45, 2.75) is 78.2 Å². The van der Waals surface area contributed by atoms with Gasteiger partial charge in [-0.3, -0.25) is 0 Å². The topological polar surface area (TPSA) is 26.0 Å². The Morgan fingerprint density at radius 1 is 1.00 bits per heavy atom. The molecule has 1 heteroatoms. The predicted octanol–water partition coefficient (Wildman–Crippen LogP) is 4.74. The zero-order valence-electron chi connectivity index (χ0n) is 13.6. The average Bonchev–Trinajstić information content (AvgIpc) is 2.23. The summed E-state index contributed by atoms with van der Waals surface area (Å²) in [5.74, 6) is 0. The molecule has 0 saturated carbocycles. The van der Waals surface area contributed by atoms with E-state index in [-0.39, 0.29) is 11.0 Å². The Morgan fingerprint density at radius 2 is 1.63 bits per heavy atom. The first-order valence-corrected chi connectivity index (χ1v) is 7.48. The molecule has 0 aliphatic carbocycles. The van der Waals surface area contributed by atoms with Gasteiger partial charge in [-0.25, -0.2) is 0 Å². The zero-order valence-corrected chi connectivity index (χ0v) is 13.6. The molecule has 0 amide bonds. The van der Waals surface area contributed by atoms with E-state index in [0.29, 0.717) is 0 Å². The first-order valence-electron chi connectivity index (χ1n) is 7.48. The van der Waals surface area contributed by atoms with E-state index in [1.807, 2.05) is 0 Å². The lowest BCUT2D eigenvalue weighted by Crippen LogP contribution is -2.31. The van der Waals surface area contributed by atoms with E-state index in [9.17, 15) is 0 Å². The fourth-order valence-electron chi connectivity index (χ4n) is 2.30. The highest BCUT2D eigenvalue weighted by Gasteiger charge is 2.15. The van der Waals surface area contributed by atoms with Gasteiger partial charge in [-0.1, -0.05) is 45.4 Å². The number of hydrogen-bond acceptors (Lipinski definition) is 1. The van der Waals surface area contributed by atoms with Crippen molar-refractivity contribution in [2.24, 2.45) is 5.73 Å². The smallest absolute Gasteiger partial charge is 0.00970 e. The van der Waals surface area contributed by atoms with E-state index in [1.165, 1.54) is 36.0 Å². The Balaban J connectivity index is 2.63. The summed E-state index contributed by atoms with van der Waals surface area (Å²) in [4.78, 5) is 0. The van der Waals surface area contributed by atoms with Crippen LogP contribution in [-0.2, 0) is 11.8 Å². The summed E-state index contributed by atoms with van der Waals surface area (Å²) in [6, 6.07) is 6.92. The normalized spacial score (nSPS) is 12.8. The molecule has 0 spiro atoms. The third-order valence-corrected chi connectivity index (χ3v) is 3.73. The van der Waals surface area contributed by atoms with Crippen molar-refractivity contribution in [1.82, 2.24) is 0 Å². The summed E-state index contributed by atoms with van der Waals surface area (Å²) in [6.45, 7) is 13.3. The molecule has 1 aromatic carbocycles. The maximum Gasteiger partial charge on any atom is 0.00970 e. The minimum absolute atomic E-state index is 0.0255. The number of hydrogen-bond donors (Lipinski definition) is 1. The highest BCUT2D eigenvalue weighted by atomic mass is 14.7. The van der Waals surface area contributed by atoms with Gasteiger partial charge in [0.05, 0.1) is 0 Å². The minimum Gasteiger partial charge on any atom is -0.326 e. The SMILES string of the molecule is Cc1ccc(C(C)(C)C)cc1CCCCC(C)(C)N. The third kappa shape index (κ3) is 5.78. The summed E-state index contributed by atoms with van der Waals surface area (Å²) >= 11 is 0. The first kappa shape index (κ1) is 16.2. The van der Waals surface area contributed by atoms with Crippen LogP contribution in [0, 0.1) is 6.92 Å². The van der Waals surface area contributed by atoms with Gasteiger partial charge in [0.25, 0.3) is 0 Å². The Hall–Kier alpha value is -0.820. The van der Waals surface area contributed by atoms with Crippen molar-refractivity contribution < 1.29 is 0 Å². The van der Waals surface area contributed by atoms with Gasteiger partial charge in [0.1, 0.15) is 0 Å². The molecule has 0 radical (unpaired) electrons. The van der Waals surface area contributed by atoms with Crippen LogP contribution < -0.4 is 5.73 Å². The Kier molecular flexibility index (Phi) is 5.20. The van der Waals surface area contributed by atoms with Crippen LogP contribution >= 0.6 is 0 Å². The number of nitrogens with two attached hydrogens (primary N) is 1. The molecule has 0 aliphatic heterocycles. The van der Waals surface area contributed by atoms with Crippen molar-refractivity contribution in [3.8, 4) is 0 Å². The molecule has 0 fully saturated rings. The fraction of sp³-hybridized carbons (Fsp3) is 0.667. The third-order valence-electron chi connectivity index (χ3n) is 3.73. The molecule has 2 N–H and O–H groups in total. The number of rotatable bonds is 5. The number of benzene rings is 1. The van der Waals surface area contributed by atoms with Crippen LogP contribution in [-0.4, -0.2) is 5.54 Å². The molecular formula is C18H31N. The van der Waals surface area contributed by atoms with Crippen LogP contribution in [0.3, 0.4) is 0 Å². The van der Waals surface area contributed by atoms with Gasteiger partial charge < -0.3 is 5.73 Å². The Bertz CT molecular complexity index is 405. The summed E-state index contributed by atoms with van der Waals surface area (Å²) in [6.07, 6.45) is 4.72. The lowest BCUT2D eigenvalue weighted by molar-refractivity contribution is 0.450. The lowest BCUT2D eigenvalue weighted by Gasteiger charge is -2.21. The van der Waals surface area contributed by atoms with Gasteiger partial charge >= 0.3 is 0 Å². The molecule has 0 saturated heterocycles. The quantitative estimate of drug-likeness (QED) is 0.761. The summed E-state index contributed by atoms with van der Waals surface area (Å²) in [7, 11) is 0. The van der Waals surface area contributed by atoms with Gasteiger partial charge in [0.2, 0.25) is 0 Å². The molecule has 0 heterocycles. The second-order valence-corrected chi connectivity index (χ2v) is 7.59. The standard InChI is InChI=1S/C18H31N/c1-14-10-11-16(17(2,3)4)13-15(14)9-7-8-12-18(5,6)19/h10-11,13H,7-9,12,19H2,1-6H3. The van der Waals surface area contributed by atoms with Crippen LogP contribution in [0.4, 0.5) is 0 Å². The van der Waals surface area contributed by atoms with Crippen LogP contribution in [0.2, 0.25) is 0 Å². The van der Waals surface area contributed by atoms with E-state index in [0.717, 1.165) is 6.42 Å². The van der Waals surface area contributed by atoms with Crippen LogP contribution in [0.25, 0.3) is 0 Å². The largest absolute Gasteiger partial charge is 0.326 e. The Morgan fingerprint density at radius 3 is 2.16 bits per heavy atom. The van der Waals surface area contributed by atoms with Crippen molar-refractivity contribution in [3.05, 3.63) is 34.9 Å². The summed E-state index contributed by atoms with van der Waals surface area (Å²) < 4.78 is 0. The second-order valence-electron chi connectivity index (χ2n) is 7.59. The summed E-state index contributed by atoms with van der Waals surface area (Å²) in [5, 5.41) is 0. The van der Waals surface area contributed by atoms with Crippen molar-refractivity contribution in [1.29, 1.82) is 0 Å². The van der Waals surface area contributed by atoms with E-state index in [4.69, 9.17) is 5.73 Å². The molecule has 0 aliphatic rings. The van der Waals surface area contributed by atoms with E-state index in [2.05, 4.69) is 59.7 Å². The monoisotopic (exact) mass is 261 g/mol.